The maximum absolute atomic E-state index is 11.0. The fraction of sp³-hybridized carbons (Fsp3) is 0.700. The lowest BCUT2D eigenvalue weighted by Gasteiger charge is -2.17. The molecule has 4 nitrogen and oxygen atoms in total. The molecule has 80 valence electrons. The van der Waals surface area contributed by atoms with Crippen LogP contribution in [0, 0.1) is 0 Å². The molecule has 0 aromatic carbocycles. The Bertz CT molecular complexity index is 326. The zero-order valence-electron chi connectivity index (χ0n) is 8.92. The number of nitrogen functional groups attached to an aromatic ring is 1. The standard InChI is InChI=1S/C10H19N3O/c1-3-5-6-8(4-2)13-9(11)7-10(14)12-13/h7-8H,3-6,11H2,1-2H3,(H,12,14). The highest BCUT2D eigenvalue weighted by Gasteiger charge is 2.11. The Balaban J connectivity index is 2.77. The van der Waals surface area contributed by atoms with Crippen molar-refractivity contribution in [2.24, 2.45) is 0 Å². The van der Waals surface area contributed by atoms with E-state index < -0.39 is 0 Å². The highest BCUT2D eigenvalue weighted by molar-refractivity contribution is 5.26. The summed E-state index contributed by atoms with van der Waals surface area (Å²) in [6.07, 6.45) is 4.40. The van der Waals surface area contributed by atoms with Gasteiger partial charge in [-0.05, 0) is 12.8 Å². The lowest BCUT2D eigenvalue weighted by molar-refractivity contribution is 0.404. The van der Waals surface area contributed by atoms with Crippen LogP contribution in [0.2, 0.25) is 0 Å². The second kappa shape index (κ2) is 4.88. The van der Waals surface area contributed by atoms with Crippen molar-refractivity contribution >= 4 is 5.82 Å². The average Bonchev–Trinajstić information content (AvgIpc) is 2.47. The second-order valence-electron chi connectivity index (χ2n) is 3.62. The summed E-state index contributed by atoms with van der Waals surface area (Å²) in [5, 5.41) is 2.74. The number of anilines is 1. The normalized spacial score (nSPS) is 13.0. The van der Waals surface area contributed by atoms with Crippen LogP contribution in [0.1, 0.15) is 45.6 Å². The quantitative estimate of drug-likeness (QED) is 0.757. The first-order valence-electron chi connectivity index (χ1n) is 5.26. The number of nitrogens with one attached hydrogen (secondary N) is 1. The highest BCUT2D eigenvalue weighted by Crippen LogP contribution is 2.19. The molecule has 0 aliphatic carbocycles. The van der Waals surface area contributed by atoms with Gasteiger partial charge in [0.25, 0.3) is 5.56 Å². The number of hydrogen-bond donors (Lipinski definition) is 2. The molecule has 0 fully saturated rings. The summed E-state index contributed by atoms with van der Waals surface area (Å²) in [4.78, 5) is 11.0. The van der Waals surface area contributed by atoms with E-state index in [-0.39, 0.29) is 5.56 Å². The molecule has 0 spiro atoms. The van der Waals surface area contributed by atoms with Gasteiger partial charge in [-0.1, -0.05) is 26.7 Å². The van der Waals surface area contributed by atoms with Gasteiger partial charge in [0.05, 0.1) is 6.04 Å². The van der Waals surface area contributed by atoms with Crippen molar-refractivity contribution in [2.45, 2.75) is 45.6 Å². The minimum atomic E-state index is -0.113. The van der Waals surface area contributed by atoms with E-state index in [1.54, 1.807) is 4.68 Å². The Morgan fingerprint density at radius 3 is 2.71 bits per heavy atom. The van der Waals surface area contributed by atoms with Crippen LogP contribution in [0.3, 0.4) is 0 Å². The monoisotopic (exact) mass is 197 g/mol. The van der Waals surface area contributed by atoms with Crippen LogP contribution < -0.4 is 11.3 Å². The van der Waals surface area contributed by atoms with E-state index in [2.05, 4.69) is 18.9 Å². The summed E-state index contributed by atoms with van der Waals surface area (Å²) >= 11 is 0. The molecule has 0 saturated heterocycles. The molecular weight excluding hydrogens is 178 g/mol. The van der Waals surface area contributed by atoms with Crippen molar-refractivity contribution in [3.05, 3.63) is 16.4 Å². The first-order chi connectivity index (χ1) is 6.69. The van der Waals surface area contributed by atoms with Crippen LogP contribution in [0.4, 0.5) is 5.82 Å². The Hall–Kier alpha value is -1.19. The summed E-state index contributed by atoms with van der Waals surface area (Å²) in [7, 11) is 0. The Morgan fingerprint density at radius 2 is 2.29 bits per heavy atom. The largest absolute Gasteiger partial charge is 0.384 e. The third-order valence-electron chi connectivity index (χ3n) is 2.52. The summed E-state index contributed by atoms with van der Waals surface area (Å²) in [5.41, 5.74) is 5.61. The van der Waals surface area contributed by atoms with Crippen LogP contribution in [0.15, 0.2) is 10.9 Å². The van der Waals surface area contributed by atoms with Crippen LogP contribution in [-0.2, 0) is 0 Å². The van der Waals surface area contributed by atoms with E-state index in [1.165, 1.54) is 12.5 Å². The first kappa shape index (κ1) is 10.9. The summed E-state index contributed by atoms with van der Waals surface area (Å²) in [6, 6.07) is 1.77. The van der Waals surface area contributed by atoms with E-state index >= 15 is 0 Å². The van der Waals surface area contributed by atoms with E-state index in [4.69, 9.17) is 5.73 Å². The molecule has 1 unspecified atom stereocenters. The predicted octanol–water partition coefficient (Wildman–Crippen LogP) is 1.90. The van der Waals surface area contributed by atoms with Crippen molar-refractivity contribution in [3.63, 3.8) is 0 Å². The molecule has 1 aromatic rings. The van der Waals surface area contributed by atoms with Gasteiger partial charge in [0.2, 0.25) is 0 Å². The molecule has 1 atom stereocenters. The van der Waals surface area contributed by atoms with Gasteiger partial charge in [0.1, 0.15) is 5.82 Å². The molecule has 0 aliphatic rings. The van der Waals surface area contributed by atoms with Gasteiger partial charge in [-0.2, -0.15) is 0 Å². The van der Waals surface area contributed by atoms with Crippen LogP contribution in [0.25, 0.3) is 0 Å². The van der Waals surface area contributed by atoms with Crippen LogP contribution in [-0.4, -0.2) is 9.78 Å². The Morgan fingerprint density at radius 1 is 1.57 bits per heavy atom. The molecule has 14 heavy (non-hydrogen) atoms. The third-order valence-corrected chi connectivity index (χ3v) is 2.52. The lowest BCUT2D eigenvalue weighted by Crippen LogP contribution is -2.14. The molecule has 1 aromatic heterocycles. The maximum Gasteiger partial charge on any atom is 0.266 e. The maximum atomic E-state index is 11.0. The number of H-pyrrole nitrogens is 1. The summed E-state index contributed by atoms with van der Waals surface area (Å²) < 4.78 is 1.79. The number of unbranched alkanes of at least 4 members (excludes halogenated alkanes) is 1. The van der Waals surface area contributed by atoms with Crippen molar-refractivity contribution < 1.29 is 0 Å². The number of rotatable bonds is 5. The van der Waals surface area contributed by atoms with Gasteiger partial charge in [-0.3, -0.25) is 14.6 Å². The van der Waals surface area contributed by atoms with Gasteiger partial charge >= 0.3 is 0 Å². The third kappa shape index (κ3) is 2.40. The molecule has 4 heteroatoms. The average molecular weight is 197 g/mol. The van der Waals surface area contributed by atoms with Crippen molar-refractivity contribution in [1.29, 1.82) is 0 Å². The number of nitrogens with zero attached hydrogens (tertiary/aromatic N) is 1. The van der Waals surface area contributed by atoms with E-state index in [1.807, 2.05) is 0 Å². The van der Waals surface area contributed by atoms with Crippen LogP contribution >= 0.6 is 0 Å². The minimum absolute atomic E-state index is 0.113. The number of nitrogens with two attached hydrogens (primary N) is 1. The number of aromatic amines is 1. The summed E-state index contributed by atoms with van der Waals surface area (Å²) in [5.74, 6) is 0.540. The second-order valence-corrected chi connectivity index (χ2v) is 3.62. The topological polar surface area (TPSA) is 63.8 Å². The molecule has 1 heterocycles. The van der Waals surface area contributed by atoms with E-state index in [0.29, 0.717) is 11.9 Å². The van der Waals surface area contributed by atoms with Gasteiger partial charge in [0.15, 0.2) is 0 Å². The molecule has 0 saturated carbocycles. The SMILES string of the molecule is CCCCC(CC)n1[nH]c(=O)cc1N. The lowest BCUT2D eigenvalue weighted by atomic mass is 10.1. The van der Waals surface area contributed by atoms with Gasteiger partial charge in [0, 0.05) is 6.07 Å². The predicted molar refractivity (Wildman–Crippen MR) is 58.3 cm³/mol. The summed E-state index contributed by atoms with van der Waals surface area (Å²) in [6.45, 7) is 4.27. The molecule has 0 radical (unpaired) electrons. The zero-order valence-corrected chi connectivity index (χ0v) is 8.92. The zero-order chi connectivity index (χ0) is 10.6. The molecule has 0 aliphatic heterocycles. The van der Waals surface area contributed by atoms with Gasteiger partial charge in [-0.25, -0.2) is 0 Å². The molecule has 0 bridgehead atoms. The van der Waals surface area contributed by atoms with E-state index in [0.717, 1.165) is 19.3 Å². The van der Waals surface area contributed by atoms with Crippen molar-refractivity contribution in [1.82, 2.24) is 9.78 Å². The molecule has 0 amide bonds. The fourth-order valence-corrected chi connectivity index (χ4v) is 1.68. The molecular formula is C10H19N3O. The Labute approximate surface area is 84.1 Å². The van der Waals surface area contributed by atoms with E-state index in [9.17, 15) is 4.79 Å². The number of aromatic nitrogens is 2. The van der Waals surface area contributed by atoms with Crippen molar-refractivity contribution in [3.8, 4) is 0 Å². The highest BCUT2D eigenvalue weighted by atomic mass is 16.1. The molecule has 1 rings (SSSR count). The minimum Gasteiger partial charge on any atom is -0.384 e. The molecule has 3 N–H and O–H groups in total. The fourth-order valence-electron chi connectivity index (χ4n) is 1.68. The van der Waals surface area contributed by atoms with Gasteiger partial charge in [-0.15, -0.1) is 0 Å². The van der Waals surface area contributed by atoms with Crippen molar-refractivity contribution in [2.75, 3.05) is 5.73 Å². The smallest absolute Gasteiger partial charge is 0.266 e. The number of hydrogen-bond acceptors (Lipinski definition) is 2. The van der Waals surface area contributed by atoms with Crippen LogP contribution in [0.5, 0.6) is 0 Å². The Kier molecular flexibility index (Phi) is 3.80. The van der Waals surface area contributed by atoms with Gasteiger partial charge < -0.3 is 5.73 Å². The first-order valence-corrected chi connectivity index (χ1v) is 5.26.